The SMILES string of the molecule is Cc1cc(OCc2c(-c3c(Cl)cccc3Cl)noc2C(C)C)ccc1/C=C/c1cccc(C(=O)O)c1. The van der Waals surface area contributed by atoms with E-state index in [1.165, 1.54) is 0 Å². The van der Waals surface area contributed by atoms with E-state index in [-0.39, 0.29) is 18.1 Å². The lowest BCUT2D eigenvalue weighted by atomic mass is 10.0. The number of aryl methyl sites for hydroxylation is 1. The number of nitrogens with zero attached hydrogens (tertiary/aromatic N) is 1. The average molecular weight is 522 g/mol. The van der Waals surface area contributed by atoms with Crippen LogP contribution in [0.1, 0.15) is 58.1 Å². The molecule has 5 nitrogen and oxygen atoms in total. The summed E-state index contributed by atoms with van der Waals surface area (Å²) < 4.78 is 11.8. The highest BCUT2D eigenvalue weighted by Crippen LogP contribution is 2.38. The summed E-state index contributed by atoms with van der Waals surface area (Å²) in [7, 11) is 0. The van der Waals surface area contributed by atoms with E-state index in [9.17, 15) is 9.90 Å². The predicted octanol–water partition coefficient (Wildman–Crippen LogP) is 8.53. The molecule has 0 aliphatic heterocycles. The van der Waals surface area contributed by atoms with Crippen molar-refractivity contribution in [3.05, 3.63) is 104 Å². The van der Waals surface area contributed by atoms with Crippen LogP contribution in [0.2, 0.25) is 10.0 Å². The Hall–Kier alpha value is -3.54. The minimum absolute atomic E-state index is 0.0972. The first-order valence-corrected chi connectivity index (χ1v) is 12.2. The van der Waals surface area contributed by atoms with Crippen LogP contribution in [0.3, 0.4) is 0 Å². The summed E-state index contributed by atoms with van der Waals surface area (Å²) in [6.07, 6.45) is 3.84. The molecule has 4 rings (SSSR count). The van der Waals surface area contributed by atoms with Gasteiger partial charge in [0.15, 0.2) is 0 Å². The van der Waals surface area contributed by atoms with Crippen LogP contribution >= 0.6 is 23.2 Å². The maximum absolute atomic E-state index is 11.2. The van der Waals surface area contributed by atoms with Crippen LogP contribution in [0, 0.1) is 6.92 Å². The molecule has 0 radical (unpaired) electrons. The fourth-order valence-electron chi connectivity index (χ4n) is 3.88. The number of halogens is 2. The monoisotopic (exact) mass is 521 g/mol. The van der Waals surface area contributed by atoms with Crippen molar-refractivity contribution in [2.24, 2.45) is 0 Å². The van der Waals surface area contributed by atoms with E-state index >= 15 is 0 Å². The number of aromatic nitrogens is 1. The zero-order valence-electron chi connectivity index (χ0n) is 20.1. The number of ether oxygens (including phenoxy) is 1. The standard InChI is InChI=1S/C29H25Cl2NO4/c1-17(2)28-23(27(32-36-28)26-24(30)8-5-9-25(26)31)16-35-22-13-12-20(18(3)14-22)11-10-19-6-4-7-21(15-19)29(33)34/h4-15,17H,16H2,1-3H3,(H,33,34)/b11-10+. The number of carboxylic acid groups (broad SMARTS) is 1. The molecule has 0 spiro atoms. The molecule has 0 unspecified atom stereocenters. The van der Waals surface area contributed by atoms with Crippen LogP contribution in [0.5, 0.6) is 5.75 Å². The summed E-state index contributed by atoms with van der Waals surface area (Å²) >= 11 is 12.9. The summed E-state index contributed by atoms with van der Waals surface area (Å²) in [6.45, 7) is 6.29. The molecule has 1 aromatic heterocycles. The van der Waals surface area contributed by atoms with Gasteiger partial charge < -0.3 is 14.4 Å². The third-order valence-corrected chi connectivity index (χ3v) is 6.39. The van der Waals surface area contributed by atoms with Crippen molar-refractivity contribution < 1.29 is 19.2 Å². The zero-order valence-corrected chi connectivity index (χ0v) is 21.6. The molecule has 184 valence electrons. The van der Waals surface area contributed by atoms with Crippen molar-refractivity contribution in [3.63, 3.8) is 0 Å². The molecule has 0 aliphatic carbocycles. The highest BCUT2D eigenvalue weighted by atomic mass is 35.5. The maximum atomic E-state index is 11.2. The van der Waals surface area contributed by atoms with E-state index in [2.05, 4.69) is 5.16 Å². The molecule has 0 fully saturated rings. The summed E-state index contributed by atoms with van der Waals surface area (Å²) in [6, 6.07) is 17.9. The normalized spacial score (nSPS) is 11.4. The van der Waals surface area contributed by atoms with Crippen molar-refractivity contribution in [2.75, 3.05) is 0 Å². The number of benzene rings is 3. The van der Waals surface area contributed by atoms with Gasteiger partial charge in [0.25, 0.3) is 0 Å². The van der Waals surface area contributed by atoms with Gasteiger partial charge in [-0.3, -0.25) is 0 Å². The Morgan fingerprint density at radius 3 is 2.44 bits per heavy atom. The van der Waals surface area contributed by atoms with Crippen molar-refractivity contribution >= 4 is 41.3 Å². The zero-order chi connectivity index (χ0) is 25.8. The largest absolute Gasteiger partial charge is 0.489 e. The fourth-order valence-corrected chi connectivity index (χ4v) is 4.45. The number of rotatable bonds is 8. The second kappa shape index (κ2) is 11.0. The molecular formula is C29H25Cl2NO4. The highest BCUT2D eigenvalue weighted by Gasteiger charge is 2.23. The van der Waals surface area contributed by atoms with Gasteiger partial charge >= 0.3 is 5.97 Å². The minimum Gasteiger partial charge on any atom is -0.489 e. The first-order chi connectivity index (χ1) is 17.2. The molecule has 4 aromatic rings. The Kier molecular flexibility index (Phi) is 7.82. The topological polar surface area (TPSA) is 72.6 Å². The Bertz CT molecular complexity index is 1420. The summed E-state index contributed by atoms with van der Waals surface area (Å²) in [5.74, 6) is 0.571. The third kappa shape index (κ3) is 5.64. The van der Waals surface area contributed by atoms with Gasteiger partial charge in [0, 0.05) is 11.5 Å². The molecule has 0 amide bonds. The van der Waals surface area contributed by atoms with E-state index in [0.29, 0.717) is 27.1 Å². The van der Waals surface area contributed by atoms with E-state index in [0.717, 1.165) is 28.0 Å². The Morgan fingerprint density at radius 1 is 1.06 bits per heavy atom. The Morgan fingerprint density at radius 2 is 1.78 bits per heavy atom. The van der Waals surface area contributed by atoms with Gasteiger partial charge in [-0.25, -0.2) is 4.79 Å². The lowest BCUT2D eigenvalue weighted by molar-refractivity contribution is 0.0697. The fraction of sp³-hybridized carbons (Fsp3) is 0.172. The summed E-state index contributed by atoms with van der Waals surface area (Å²) in [4.78, 5) is 11.2. The quantitative estimate of drug-likeness (QED) is 0.235. The number of carboxylic acids is 1. The summed E-state index contributed by atoms with van der Waals surface area (Å²) in [5, 5.41) is 14.4. The molecule has 3 aromatic carbocycles. The van der Waals surface area contributed by atoms with Crippen LogP contribution in [0.15, 0.2) is 65.2 Å². The second-order valence-corrected chi connectivity index (χ2v) is 9.51. The molecule has 0 bridgehead atoms. The van der Waals surface area contributed by atoms with Crippen molar-refractivity contribution in [2.45, 2.75) is 33.3 Å². The number of carbonyl (C=O) groups is 1. The molecule has 0 atom stereocenters. The maximum Gasteiger partial charge on any atom is 0.335 e. The van der Waals surface area contributed by atoms with Gasteiger partial charge in [-0.2, -0.15) is 0 Å². The van der Waals surface area contributed by atoms with Gasteiger partial charge in [-0.1, -0.05) is 78.6 Å². The highest BCUT2D eigenvalue weighted by molar-refractivity contribution is 6.39. The minimum atomic E-state index is -0.948. The van der Waals surface area contributed by atoms with Gasteiger partial charge in [0.1, 0.15) is 23.8 Å². The smallest absolute Gasteiger partial charge is 0.335 e. The van der Waals surface area contributed by atoms with Gasteiger partial charge in [-0.15, -0.1) is 0 Å². The summed E-state index contributed by atoms with van der Waals surface area (Å²) in [5.41, 5.74) is 5.09. The van der Waals surface area contributed by atoms with Crippen LogP contribution in [0.4, 0.5) is 0 Å². The van der Waals surface area contributed by atoms with Crippen LogP contribution in [-0.4, -0.2) is 16.2 Å². The first kappa shape index (κ1) is 25.5. The second-order valence-electron chi connectivity index (χ2n) is 8.70. The molecule has 1 heterocycles. The van der Waals surface area contributed by atoms with Crippen molar-refractivity contribution in [1.82, 2.24) is 5.16 Å². The van der Waals surface area contributed by atoms with E-state index in [1.807, 2.05) is 57.2 Å². The number of hydrogen-bond acceptors (Lipinski definition) is 4. The molecule has 0 saturated heterocycles. The van der Waals surface area contributed by atoms with Gasteiger partial charge in [0.05, 0.1) is 21.2 Å². The Balaban J connectivity index is 1.55. The molecule has 7 heteroatoms. The predicted molar refractivity (Wildman–Crippen MR) is 144 cm³/mol. The Labute approximate surface area is 219 Å². The van der Waals surface area contributed by atoms with E-state index in [1.54, 1.807) is 36.4 Å². The van der Waals surface area contributed by atoms with E-state index in [4.69, 9.17) is 32.5 Å². The molecule has 36 heavy (non-hydrogen) atoms. The lowest BCUT2D eigenvalue weighted by Crippen LogP contribution is -2.01. The lowest BCUT2D eigenvalue weighted by Gasteiger charge is -2.12. The van der Waals surface area contributed by atoms with Crippen LogP contribution < -0.4 is 4.74 Å². The van der Waals surface area contributed by atoms with Crippen molar-refractivity contribution in [1.29, 1.82) is 0 Å². The number of aromatic carboxylic acids is 1. The molecular weight excluding hydrogens is 497 g/mol. The van der Waals surface area contributed by atoms with Gasteiger partial charge in [-0.05, 0) is 60.0 Å². The molecule has 1 N–H and O–H groups in total. The first-order valence-electron chi connectivity index (χ1n) is 11.4. The number of hydrogen-bond donors (Lipinski definition) is 1. The van der Waals surface area contributed by atoms with Gasteiger partial charge in [0.2, 0.25) is 0 Å². The molecule has 0 saturated carbocycles. The van der Waals surface area contributed by atoms with Crippen LogP contribution in [0.25, 0.3) is 23.4 Å². The third-order valence-electron chi connectivity index (χ3n) is 5.76. The average Bonchev–Trinajstić information content (AvgIpc) is 3.26. The van der Waals surface area contributed by atoms with Crippen molar-refractivity contribution in [3.8, 4) is 17.0 Å². The van der Waals surface area contributed by atoms with Crippen LogP contribution in [-0.2, 0) is 6.61 Å². The van der Waals surface area contributed by atoms with E-state index < -0.39 is 5.97 Å². The molecule has 0 aliphatic rings.